The number of para-hydroxylation sites is 1. The van der Waals surface area contributed by atoms with E-state index in [1.165, 1.54) is 16.0 Å². The molecule has 0 aliphatic carbocycles. The van der Waals surface area contributed by atoms with Crippen LogP contribution in [0.1, 0.15) is 28.8 Å². The molecular formula is C20H21NO3S. The van der Waals surface area contributed by atoms with Crippen molar-refractivity contribution in [1.29, 1.82) is 0 Å². The molecule has 1 aromatic carbocycles. The molecule has 1 fully saturated rings. The maximum Gasteiger partial charge on any atom is 0.317 e. The Hall–Kier alpha value is -2.11. The molecule has 1 N–H and O–H groups in total. The Morgan fingerprint density at radius 3 is 2.76 bits per heavy atom. The smallest absolute Gasteiger partial charge is 0.317 e. The summed E-state index contributed by atoms with van der Waals surface area (Å²) in [5.74, 6) is 0.161. The third-order valence-electron chi connectivity index (χ3n) is 4.96. The van der Waals surface area contributed by atoms with E-state index >= 15 is 0 Å². The molecule has 1 saturated heterocycles. The van der Waals surface area contributed by atoms with Crippen LogP contribution in [-0.2, 0) is 4.79 Å². The first kappa shape index (κ1) is 16.4. The van der Waals surface area contributed by atoms with E-state index in [0.29, 0.717) is 0 Å². The molecule has 0 atom stereocenters. The van der Waals surface area contributed by atoms with Gasteiger partial charge < -0.3 is 9.84 Å². The van der Waals surface area contributed by atoms with E-state index in [-0.39, 0.29) is 12.1 Å². The summed E-state index contributed by atoms with van der Waals surface area (Å²) in [5, 5.41) is 11.2. The summed E-state index contributed by atoms with van der Waals surface area (Å²) >= 11 is 1.76. The third-order valence-corrected chi connectivity index (χ3v) is 6.04. The van der Waals surface area contributed by atoms with Gasteiger partial charge in [-0.05, 0) is 36.1 Å². The minimum Gasteiger partial charge on any atom is -0.482 e. The number of hydrogen-bond acceptors (Lipinski definition) is 4. The van der Waals surface area contributed by atoms with Crippen LogP contribution >= 0.6 is 11.3 Å². The number of thiophene rings is 1. The summed E-state index contributed by atoms with van der Waals surface area (Å²) in [6, 6.07) is 10.4. The van der Waals surface area contributed by atoms with Crippen molar-refractivity contribution in [2.75, 3.05) is 19.6 Å². The third kappa shape index (κ3) is 3.22. The Bertz CT molecular complexity index is 831. The monoisotopic (exact) mass is 355 g/mol. The highest BCUT2D eigenvalue weighted by Gasteiger charge is 2.39. The Morgan fingerprint density at radius 1 is 1.32 bits per heavy atom. The maximum absolute atomic E-state index is 11.0. The van der Waals surface area contributed by atoms with Crippen molar-refractivity contribution in [3.63, 3.8) is 0 Å². The molecule has 0 radical (unpaired) electrons. The number of ether oxygens (including phenoxy) is 1. The van der Waals surface area contributed by atoms with Crippen molar-refractivity contribution < 1.29 is 14.6 Å². The molecule has 5 heteroatoms. The van der Waals surface area contributed by atoms with Gasteiger partial charge in [-0.15, -0.1) is 11.3 Å². The van der Waals surface area contributed by atoms with E-state index in [2.05, 4.69) is 30.5 Å². The molecule has 0 unspecified atom stereocenters. The number of likely N-dealkylation sites (tertiary alicyclic amines) is 1. The molecule has 1 aromatic heterocycles. The minimum atomic E-state index is -0.767. The molecule has 0 saturated carbocycles. The first-order valence-electron chi connectivity index (χ1n) is 8.56. The van der Waals surface area contributed by atoms with Gasteiger partial charge in [-0.25, -0.2) is 0 Å². The fraction of sp³-hybridized carbons (Fsp3) is 0.350. The van der Waals surface area contributed by atoms with Gasteiger partial charge in [0.1, 0.15) is 11.4 Å². The second kappa shape index (κ2) is 6.32. The predicted molar refractivity (Wildman–Crippen MR) is 99.2 cm³/mol. The van der Waals surface area contributed by atoms with Crippen LogP contribution < -0.4 is 4.74 Å². The number of aliphatic carboxylic acids is 1. The summed E-state index contributed by atoms with van der Waals surface area (Å²) in [5.41, 5.74) is 3.32. The van der Waals surface area contributed by atoms with Gasteiger partial charge in [0.25, 0.3) is 0 Å². The zero-order valence-electron chi connectivity index (χ0n) is 14.2. The normalized spacial score (nSPS) is 19.2. The van der Waals surface area contributed by atoms with Crippen LogP contribution in [0.3, 0.4) is 0 Å². The molecule has 0 bridgehead atoms. The molecule has 0 amide bonds. The fourth-order valence-corrected chi connectivity index (χ4v) is 4.60. The average Bonchev–Trinajstić information content (AvgIpc) is 3.02. The molecule has 1 spiro atoms. The molecule has 4 rings (SSSR count). The van der Waals surface area contributed by atoms with E-state index in [1.54, 1.807) is 11.3 Å². The minimum absolute atomic E-state index is 0.105. The Labute approximate surface area is 151 Å². The molecular weight excluding hydrogens is 334 g/mol. The Balaban J connectivity index is 1.68. The summed E-state index contributed by atoms with van der Waals surface area (Å²) in [7, 11) is 0. The lowest BCUT2D eigenvalue weighted by atomic mass is 9.84. The Morgan fingerprint density at radius 2 is 2.08 bits per heavy atom. The van der Waals surface area contributed by atoms with Gasteiger partial charge in [0.15, 0.2) is 0 Å². The van der Waals surface area contributed by atoms with E-state index in [1.807, 2.05) is 23.1 Å². The zero-order chi connectivity index (χ0) is 17.4. The number of rotatable bonds is 3. The van der Waals surface area contributed by atoms with E-state index in [9.17, 15) is 4.79 Å². The van der Waals surface area contributed by atoms with Gasteiger partial charge in [0.05, 0.1) is 6.54 Å². The van der Waals surface area contributed by atoms with Crippen molar-refractivity contribution >= 4 is 22.9 Å². The first-order chi connectivity index (χ1) is 12.0. The second-order valence-corrected chi connectivity index (χ2v) is 7.79. The quantitative estimate of drug-likeness (QED) is 0.910. The number of nitrogens with zero attached hydrogens (tertiary/aromatic N) is 1. The van der Waals surface area contributed by atoms with Crippen LogP contribution in [0.15, 0.2) is 41.8 Å². The van der Waals surface area contributed by atoms with Crippen molar-refractivity contribution in [2.45, 2.75) is 25.4 Å². The first-order valence-corrected chi connectivity index (χ1v) is 9.44. The van der Waals surface area contributed by atoms with Gasteiger partial charge in [-0.3, -0.25) is 9.69 Å². The highest BCUT2D eigenvalue weighted by atomic mass is 32.1. The fourth-order valence-electron chi connectivity index (χ4n) is 3.67. The molecule has 25 heavy (non-hydrogen) atoms. The second-order valence-electron chi connectivity index (χ2n) is 6.88. The number of carbonyl (C=O) groups is 1. The average molecular weight is 355 g/mol. The van der Waals surface area contributed by atoms with E-state index in [4.69, 9.17) is 9.84 Å². The predicted octanol–water partition coefficient (Wildman–Crippen LogP) is 3.80. The van der Waals surface area contributed by atoms with Crippen molar-refractivity contribution in [2.24, 2.45) is 0 Å². The number of fused-ring (bicyclic) bond motifs is 1. The van der Waals surface area contributed by atoms with Crippen LogP contribution in [0.4, 0.5) is 0 Å². The highest BCUT2D eigenvalue weighted by molar-refractivity contribution is 7.11. The summed E-state index contributed by atoms with van der Waals surface area (Å²) in [6.45, 7) is 3.70. The van der Waals surface area contributed by atoms with Gasteiger partial charge in [-0.2, -0.15) is 0 Å². The summed E-state index contributed by atoms with van der Waals surface area (Å²) < 4.78 is 6.43. The van der Waals surface area contributed by atoms with E-state index in [0.717, 1.165) is 37.2 Å². The van der Waals surface area contributed by atoms with E-state index < -0.39 is 5.97 Å². The number of piperidine rings is 1. The van der Waals surface area contributed by atoms with Gasteiger partial charge in [0.2, 0.25) is 0 Å². The topological polar surface area (TPSA) is 49.8 Å². The summed E-state index contributed by atoms with van der Waals surface area (Å²) in [4.78, 5) is 14.2. The molecule has 4 nitrogen and oxygen atoms in total. The van der Waals surface area contributed by atoms with Crippen molar-refractivity contribution in [3.05, 3.63) is 57.8 Å². The van der Waals surface area contributed by atoms with Crippen LogP contribution in [-0.4, -0.2) is 41.2 Å². The summed E-state index contributed by atoms with van der Waals surface area (Å²) in [6.07, 6.45) is 3.89. The maximum atomic E-state index is 11.0. The molecule has 2 aliphatic heterocycles. The Kier molecular flexibility index (Phi) is 4.13. The SMILES string of the molecule is Cc1csc(C2=CC3(CCN(CC(=O)O)CC3)Oc3ccccc32)c1. The standard InChI is InChI=1S/C20H21NO3S/c1-14-10-18(25-13-14)16-11-20(24-17-5-3-2-4-15(16)17)6-8-21(9-7-20)12-19(22)23/h2-5,10-11,13H,6-9,12H2,1H3,(H,22,23). The zero-order valence-corrected chi connectivity index (χ0v) is 15.0. The van der Waals surface area contributed by atoms with Crippen molar-refractivity contribution in [3.8, 4) is 5.75 Å². The van der Waals surface area contributed by atoms with Crippen LogP contribution in [0.2, 0.25) is 0 Å². The van der Waals surface area contributed by atoms with Gasteiger partial charge in [-0.1, -0.05) is 18.2 Å². The number of carboxylic acids is 1. The molecule has 130 valence electrons. The largest absolute Gasteiger partial charge is 0.482 e. The number of carboxylic acid groups (broad SMARTS) is 1. The number of aryl methyl sites for hydroxylation is 1. The van der Waals surface area contributed by atoms with Crippen LogP contribution in [0.25, 0.3) is 5.57 Å². The number of benzene rings is 1. The lowest BCUT2D eigenvalue weighted by Gasteiger charge is -2.42. The van der Waals surface area contributed by atoms with Gasteiger partial charge in [0, 0.05) is 41.9 Å². The van der Waals surface area contributed by atoms with Crippen molar-refractivity contribution in [1.82, 2.24) is 4.90 Å². The molecule has 2 aromatic rings. The lowest BCUT2D eigenvalue weighted by molar-refractivity contribution is -0.139. The number of hydrogen-bond donors (Lipinski definition) is 1. The molecule has 3 heterocycles. The van der Waals surface area contributed by atoms with Crippen LogP contribution in [0.5, 0.6) is 5.75 Å². The molecule has 2 aliphatic rings. The van der Waals surface area contributed by atoms with Crippen LogP contribution in [0, 0.1) is 6.92 Å². The van der Waals surface area contributed by atoms with Gasteiger partial charge >= 0.3 is 5.97 Å². The lowest BCUT2D eigenvalue weighted by Crippen LogP contribution is -2.49. The highest BCUT2D eigenvalue weighted by Crippen LogP contribution is 2.44.